The number of aliphatic hydroxyl groups is 1. The molecule has 2 heterocycles. The molecule has 0 bridgehead atoms. The molecule has 0 radical (unpaired) electrons. The van der Waals surface area contributed by atoms with Gasteiger partial charge in [-0.2, -0.15) is 0 Å². The van der Waals surface area contributed by atoms with Crippen LogP contribution in [0.1, 0.15) is 39.9 Å². The van der Waals surface area contributed by atoms with E-state index >= 15 is 0 Å². The van der Waals surface area contributed by atoms with Gasteiger partial charge in [-0.15, -0.1) is 0 Å². The molecule has 0 unspecified atom stereocenters. The number of pyridine rings is 1. The first-order valence-corrected chi connectivity index (χ1v) is 15.3. The quantitative estimate of drug-likeness (QED) is 0.134. The number of hydrogen-bond acceptors (Lipinski definition) is 5. The third-order valence-electron chi connectivity index (χ3n) is 7.32. The first-order valence-electron chi connectivity index (χ1n) is 13.8. The molecule has 0 atom stereocenters. The Kier molecular flexibility index (Phi) is 10.1. The van der Waals surface area contributed by atoms with E-state index in [1.54, 1.807) is 12.1 Å². The van der Waals surface area contributed by atoms with Crippen molar-refractivity contribution in [1.29, 1.82) is 0 Å². The summed E-state index contributed by atoms with van der Waals surface area (Å²) in [7, 11) is 0. The summed E-state index contributed by atoms with van der Waals surface area (Å²) in [5.41, 5.74) is 4.53. The highest BCUT2D eigenvalue weighted by Gasteiger charge is 2.23. The zero-order valence-corrected chi connectivity index (χ0v) is 25.7. The van der Waals surface area contributed by atoms with Gasteiger partial charge in [-0.1, -0.05) is 41.9 Å². The minimum absolute atomic E-state index is 0.126. The van der Waals surface area contributed by atoms with Crippen molar-refractivity contribution >= 4 is 51.0 Å². The van der Waals surface area contributed by atoms with E-state index in [4.69, 9.17) is 16.3 Å². The molecule has 4 aromatic rings. The lowest BCUT2D eigenvalue weighted by atomic mass is 10.0. The second-order valence-electron chi connectivity index (χ2n) is 10.2. The molecule has 1 aromatic heterocycles. The summed E-state index contributed by atoms with van der Waals surface area (Å²) < 4.78 is 8.05. The van der Waals surface area contributed by atoms with Gasteiger partial charge in [-0.25, -0.2) is 0 Å². The molecule has 0 spiro atoms. The molecule has 0 saturated carbocycles. The van der Waals surface area contributed by atoms with E-state index in [0.29, 0.717) is 33.9 Å². The van der Waals surface area contributed by atoms with Gasteiger partial charge in [0, 0.05) is 48.9 Å². The predicted molar refractivity (Wildman–Crippen MR) is 171 cm³/mol. The van der Waals surface area contributed by atoms with Crippen molar-refractivity contribution in [2.45, 2.75) is 32.4 Å². The standard InChI is InChI=1S/C32H33ClIN3O4/c33-25-10-7-23(8-11-25)20-35-32(40)29-30(39)27-19-24(21-36-13-16-41-17-14-36)9-12-28(27)37(31(29)34)26-6-3-5-22(18-26)4-1-2-15-38/h3,5-12,18-19,38H,1-2,4,13-17,20-21H2,(H,35,40). The van der Waals surface area contributed by atoms with Gasteiger partial charge in [0.2, 0.25) is 5.43 Å². The number of nitrogens with one attached hydrogen (secondary N) is 1. The SMILES string of the molecule is O=C(NCc1ccc(Cl)cc1)c1c(I)n(-c2cccc(CCCCO)c2)c2ccc(CN3CCOCC3)cc2c1=O. The van der Waals surface area contributed by atoms with Crippen molar-refractivity contribution in [3.63, 3.8) is 0 Å². The van der Waals surface area contributed by atoms with Crippen molar-refractivity contribution in [2.24, 2.45) is 0 Å². The Hall–Kier alpha value is -2.76. The largest absolute Gasteiger partial charge is 0.396 e. The predicted octanol–water partition coefficient (Wildman–Crippen LogP) is 5.33. The number of carbonyl (C=O) groups excluding carboxylic acids is 1. The molecule has 7 nitrogen and oxygen atoms in total. The third-order valence-corrected chi connectivity index (χ3v) is 8.60. The Bertz CT molecular complexity index is 1580. The van der Waals surface area contributed by atoms with Crippen molar-refractivity contribution in [1.82, 2.24) is 14.8 Å². The van der Waals surface area contributed by atoms with Crippen molar-refractivity contribution in [3.05, 3.63) is 108 Å². The van der Waals surface area contributed by atoms with E-state index in [2.05, 4.69) is 51.0 Å². The summed E-state index contributed by atoms with van der Waals surface area (Å²) in [4.78, 5) is 29.9. The van der Waals surface area contributed by atoms with Crippen LogP contribution >= 0.6 is 34.2 Å². The number of unbranched alkanes of at least 4 members (excludes halogenated alkanes) is 1. The van der Waals surface area contributed by atoms with Crippen LogP contribution in [-0.4, -0.2) is 53.4 Å². The number of hydrogen-bond donors (Lipinski definition) is 2. The van der Waals surface area contributed by atoms with Gasteiger partial charge in [0.05, 0.1) is 18.7 Å². The maximum absolute atomic E-state index is 14.0. The smallest absolute Gasteiger partial charge is 0.258 e. The maximum atomic E-state index is 14.0. The summed E-state index contributed by atoms with van der Waals surface area (Å²) in [6.07, 6.45) is 2.46. The molecule has 1 fully saturated rings. The molecule has 1 amide bonds. The number of carbonyl (C=O) groups is 1. The molecule has 41 heavy (non-hydrogen) atoms. The van der Waals surface area contributed by atoms with Crippen molar-refractivity contribution in [2.75, 3.05) is 32.9 Å². The number of aryl methyl sites for hydroxylation is 1. The van der Waals surface area contributed by atoms with E-state index in [9.17, 15) is 14.7 Å². The zero-order valence-electron chi connectivity index (χ0n) is 22.7. The van der Waals surface area contributed by atoms with Crippen LogP contribution in [0.3, 0.4) is 0 Å². The molecule has 9 heteroatoms. The fourth-order valence-electron chi connectivity index (χ4n) is 5.14. The maximum Gasteiger partial charge on any atom is 0.258 e. The molecule has 1 aliphatic heterocycles. The normalized spacial score (nSPS) is 13.9. The Labute approximate surface area is 258 Å². The topological polar surface area (TPSA) is 83.8 Å². The number of ether oxygens (including phenoxy) is 1. The number of morpholine rings is 1. The average molecular weight is 686 g/mol. The minimum Gasteiger partial charge on any atom is -0.396 e. The summed E-state index contributed by atoms with van der Waals surface area (Å²) in [5.74, 6) is -0.414. The van der Waals surface area contributed by atoms with Gasteiger partial charge >= 0.3 is 0 Å². The van der Waals surface area contributed by atoms with E-state index in [1.807, 2.05) is 41.0 Å². The second kappa shape index (κ2) is 13.9. The summed E-state index contributed by atoms with van der Waals surface area (Å²) in [6.45, 7) is 4.25. The Morgan fingerprint density at radius 2 is 1.73 bits per heavy atom. The van der Waals surface area contributed by atoms with Crippen LogP contribution in [0.5, 0.6) is 0 Å². The Morgan fingerprint density at radius 3 is 2.49 bits per heavy atom. The first kappa shape index (κ1) is 29.7. The number of aromatic nitrogens is 1. The molecule has 1 saturated heterocycles. The van der Waals surface area contributed by atoms with Crippen molar-refractivity contribution in [3.8, 4) is 5.69 Å². The molecule has 0 aliphatic carbocycles. The third kappa shape index (κ3) is 7.18. The fraction of sp³-hybridized carbons (Fsp3) is 0.312. The van der Waals surface area contributed by atoms with E-state index in [-0.39, 0.29) is 24.1 Å². The van der Waals surface area contributed by atoms with Crippen LogP contribution in [0.2, 0.25) is 5.02 Å². The summed E-state index contributed by atoms with van der Waals surface area (Å²) >= 11 is 8.13. The average Bonchev–Trinajstić information content (AvgIpc) is 2.98. The van der Waals surface area contributed by atoms with E-state index < -0.39 is 5.91 Å². The Balaban J connectivity index is 1.57. The van der Waals surface area contributed by atoms with E-state index in [1.165, 1.54) is 0 Å². The molecular formula is C32H33ClIN3O4. The summed E-state index contributed by atoms with van der Waals surface area (Å²) in [6, 6.07) is 21.4. The fourth-order valence-corrected chi connectivity index (χ4v) is 6.29. The molecule has 1 aliphatic rings. The lowest BCUT2D eigenvalue weighted by Crippen LogP contribution is -2.35. The highest BCUT2D eigenvalue weighted by atomic mass is 127. The number of aliphatic hydroxyl groups excluding tert-OH is 1. The van der Waals surface area contributed by atoms with Gasteiger partial charge in [0.15, 0.2) is 0 Å². The highest BCUT2D eigenvalue weighted by molar-refractivity contribution is 14.1. The molecular weight excluding hydrogens is 653 g/mol. The lowest BCUT2D eigenvalue weighted by Gasteiger charge is -2.26. The van der Waals surface area contributed by atoms with E-state index in [0.717, 1.165) is 60.2 Å². The number of fused-ring (bicyclic) bond motifs is 1. The van der Waals surface area contributed by atoms with Crippen LogP contribution in [-0.2, 0) is 24.2 Å². The van der Waals surface area contributed by atoms with Gasteiger partial charge in [0.1, 0.15) is 9.26 Å². The number of rotatable bonds is 10. The number of amides is 1. The van der Waals surface area contributed by atoms with Crippen LogP contribution < -0.4 is 10.7 Å². The second-order valence-corrected chi connectivity index (χ2v) is 11.7. The first-order chi connectivity index (χ1) is 19.9. The molecule has 2 N–H and O–H groups in total. The van der Waals surface area contributed by atoms with Crippen LogP contribution in [0.25, 0.3) is 16.6 Å². The van der Waals surface area contributed by atoms with Crippen LogP contribution in [0.4, 0.5) is 0 Å². The van der Waals surface area contributed by atoms with Gasteiger partial charge in [-0.3, -0.25) is 14.5 Å². The number of benzene rings is 3. The van der Waals surface area contributed by atoms with Crippen LogP contribution in [0, 0.1) is 3.70 Å². The highest BCUT2D eigenvalue weighted by Crippen LogP contribution is 2.26. The molecule has 3 aromatic carbocycles. The minimum atomic E-state index is -0.414. The monoisotopic (exact) mass is 685 g/mol. The lowest BCUT2D eigenvalue weighted by molar-refractivity contribution is 0.0342. The number of nitrogens with zero attached hydrogens (tertiary/aromatic N) is 2. The van der Waals surface area contributed by atoms with Crippen LogP contribution in [0.15, 0.2) is 71.5 Å². The molecule has 5 rings (SSSR count). The van der Waals surface area contributed by atoms with Gasteiger partial charge < -0.3 is 19.7 Å². The Morgan fingerprint density at radius 1 is 0.976 bits per heavy atom. The molecule has 214 valence electrons. The van der Waals surface area contributed by atoms with Gasteiger partial charge in [-0.05, 0) is 94.9 Å². The van der Waals surface area contributed by atoms with Crippen molar-refractivity contribution < 1.29 is 14.6 Å². The number of halogens is 2. The zero-order chi connectivity index (χ0) is 28.8. The van der Waals surface area contributed by atoms with Gasteiger partial charge in [0.25, 0.3) is 5.91 Å². The summed E-state index contributed by atoms with van der Waals surface area (Å²) in [5, 5.41) is 13.3.